The van der Waals surface area contributed by atoms with Crippen LogP contribution in [0.2, 0.25) is 0 Å². The van der Waals surface area contributed by atoms with Crippen LogP contribution in [0.15, 0.2) is 23.3 Å². The van der Waals surface area contributed by atoms with E-state index in [1.165, 1.54) is 25.7 Å². The van der Waals surface area contributed by atoms with Gasteiger partial charge < -0.3 is 5.73 Å². The Morgan fingerprint density at radius 3 is 2.93 bits per heavy atom. The van der Waals surface area contributed by atoms with Gasteiger partial charge in [0, 0.05) is 12.1 Å². The summed E-state index contributed by atoms with van der Waals surface area (Å²) in [5, 5.41) is 7.76. The first-order valence-electron chi connectivity index (χ1n) is 5.42. The Morgan fingerprint density at radius 1 is 1.47 bits per heavy atom. The minimum absolute atomic E-state index is 0.502. The van der Waals surface area contributed by atoms with Crippen LogP contribution in [0, 0.1) is 5.92 Å². The summed E-state index contributed by atoms with van der Waals surface area (Å²) in [6, 6.07) is 3.78. The van der Waals surface area contributed by atoms with Crippen molar-refractivity contribution < 1.29 is 0 Å². The van der Waals surface area contributed by atoms with Crippen LogP contribution in [0.1, 0.15) is 31.4 Å². The van der Waals surface area contributed by atoms with Gasteiger partial charge in [-0.05, 0) is 25.0 Å². The summed E-state index contributed by atoms with van der Waals surface area (Å²) < 4.78 is 0. The van der Waals surface area contributed by atoms with Crippen LogP contribution in [-0.4, -0.2) is 16.0 Å². The number of aliphatic imine (C=N–C) groups is 1. The second kappa shape index (κ2) is 4.87. The molecule has 0 spiro atoms. The molecule has 0 bridgehead atoms. The lowest BCUT2D eigenvalue weighted by atomic mass is 10.1. The normalized spacial score (nSPS) is 18.3. The second-order valence-corrected chi connectivity index (χ2v) is 3.94. The molecule has 0 unspecified atom stereocenters. The maximum absolute atomic E-state index is 5.93. The Hall–Kier alpha value is -1.45. The molecule has 1 heterocycles. The first kappa shape index (κ1) is 10.1. The van der Waals surface area contributed by atoms with Crippen molar-refractivity contribution in [1.82, 2.24) is 10.2 Å². The molecule has 1 aromatic rings. The van der Waals surface area contributed by atoms with Crippen molar-refractivity contribution in [2.75, 3.05) is 0 Å². The smallest absolute Gasteiger partial charge is 0.0973 e. The van der Waals surface area contributed by atoms with Crippen molar-refractivity contribution in [1.29, 1.82) is 0 Å². The largest absolute Gasteiger partial charge is 0.387 e. The lowest BCUT2D eigenvalue weighted by molar-refractivity contribution is 0.713. The predicted molar refractivity (Wildman–Crippen MR) is 59.3 cm³/mol. The molecule has 1 saturated carbocycles. The van der Waals surface area contributed by atoms with Crippen LogP contribution >= 0.6 is 0 Å². The van der Waals surface area contributed by atoms with Crippen molar-refractivity contribution in [2.45, 2.75) is 32.2 Å². The minimum atomic E-state index is 0.502. The Bertz CT molecular complexity index is 328. The molecule has 80 valence electrons. The predicted octanol–water partition coefficient (Wildman–Crippen LogP) is 1.52. The summed E-state index contributed by atoms with van der Waals surface area (Å²) in [7, 11) is 0. The SMILES string of the molecule is NC(=NCc1cccnn1)C1CCCC1. The molecule has 4 nitrogen and oxygen atoms in total. The molecule has 0 amide bonds. The molecular formula is C11H16N4. The van der Waals surface area contributed by atoms with Gasteiger partial charge in [-0.15, -0.1) is 0 Å². The van der Waals surface area contributed by atoms with Crippen LogP contribution in [0.3, 0.4) is 0 Å². The molecular weight excluding hydrogens is 188 g/mol. The van der Waals surface area contributed by atoms with E-state index in [-0.39, 0.29) is 0 Å². The third-order valence-electron chi connectivity index (χ3n) is 2.82. The van der Waals surface area contributed by atoms with Crippen LogP contribution in [-0.2, 0) is 6.54 Å². The highest BCUT2D eigenvalue weighted by atomic mass is 15.1. The first-order valence-corrected chi connectivity index (χ1v) is 5.42. The standard InChI is InChI=1S/C11H16N4/c12-11(9-4-1-2-5-9)13-8-10-6-3-7-14-15-10/h3,6-7,9H,1-2,4-5,8H2,(H2,12,13). The Morgan fingerprint density at radius 2 is 2.27 bits per heavy atom. The fourth-order valence-electron chi connectivity index (χ4n) is 1.94. The van der Waals surface area contributed by atoms with Gasteiger partial charge in [-0.3, -0.25) is 4.99 Å². The van der Waals surface area contributed by atoms with E-state index >= 15 is 0 Å². The molecule has 4 heteroatoms. The highest BCUT2D eigenvalue weighted by Gasteiger charge is 2.18. The van der Waals surface area contributed by atoms with Gasteiger partial charge in [0.25, 0.3) is 0 Å². The van der Waals surface area contributed by atoms with Gasteiger partial charge in [-0.1, -0.05) is 12.8 Å². The molecule has 0 aromatic carbocycles. The average molecular weight is 204 g/mol. The van der Waals surface area contributed by atoms with Gasteiger partial charge in [0.1, 0.15) is 0 Å². The highest BCUT2D eigenvalue weighted by molar-refractivity contribution is 5.83. The molecule has 1 aromatic heterocycles. The maximum atomic E-state index is 5.93. The van der Waals surface area contributed by atoms with Gasteiger partial charge in [-0.25, -0.2) is 0 Å². The number of nitrogens with zero attached hydrogens (tertiary/aromatic N) is 3. The summed E-state index contributed by atoms with van der Waals surface area (Å²) in [4.78, 5) is 4.37. The summed E-state index contributed by atoms with van der Waals surface area (Å²) in [5.41, 5.74) is 6.80. The van der Waals surface area contributed by atoms with E-state index in [2.05, 4.69) is 15.2 Å². The fourth-order valence-corrected chi connectivity index (χ4v) is 1.94. The molecule has 1 fully saturated rings. The van der Waals surface area contributed by atoms with E-state index in [9.17, 15) is 0 Å². The van der Waals surface area contributed by atoms with Crippen LogP contribution in [0.25, 0.3) is 0 Å². The second-order valence-electron chi connectivity index (χ2n) is 3.94. The van der Waals surface area contributed by atoms with Crippen molar-refractivity contribution in [3.63, 3.8) is 0 Å². The Balaban J connectivity index is 1.93. The zero-order chi connectivity index (χ0) is 10.5. The van der Waals surface area contributed by atoms with Gasteiger partial charge in [0.15, 0.2) is 0 Å². The van der Waals surface area contributed by atoms with E-state index in [0.29, 0.717) is 12.5 Å². The molecule has 2 rings (SSSR count). The highest BCUT2D eigenvalue weighted by Crippen LogP contribution is 2.24. The summed E-state index contributed by atoms with van der Waals surface area (Å²) in [5.74, 6) is 1.29. The quantitative estimate of drug-likeness (QED) is 0.599. The average Bonchev–Trinajstić information content (AvgIpc) is 2.81. The summed E-state index contributed by atoms with van der Waals surface area (Å²) in [6.45, 7) is 0.552. The monoisotopic (exact) mass is 204 g/mol. The summed E-state index contributed by atoms with van der Waals surface area (Å²) >= 11 is 0. The molecule has 1 aliphatic carbocycles. The lowest BCUT2D eigenvalue weighted by Gasteiger charge is -2.07. The number of rotatable bonds is 3. The van der Waals surface area contributed by atoms with Gasteiger partial charge in [0.2, 0.25) is 0 Å². The van der Waals surface area contributed by atoms with Gasteiger partial charge in [-0.2, -0.15) is 10.2 Å². The van der Waals surface area contributed by atoms with Crippen LogP contribution in [0.4, 0.5) is 0 Å². The van der Waals surface area contributed by atoms with Crippen LogP contribution < -0.4 is 5.73 Å². The van der Waals surface area contributed by atoms with Crippen molar-refractivity contribution >= 4 is 5.84 Å². The molecule has 0 aliphatic heterocycles. The molecule has 0 atom stereocenters. The number of hydrogen-bond acceptors (Lipinski definition) is 3. The minimum Gasteiger partial charge on any atom is -0.387 e. The number of nitrogens with two attached hydrogens (primary N) is 1. The van der Waals surface area contributed by atoms with Crippen molar-refractivity contribution in [2.24, 2.45) is 16.6 Å². The molecule has 15 heavy (non-hydrogen) atoms. The molecule has 2 N–H and O–H groups in total. The summed E-state index contributed by atoms with van der Waals surface area (Å²) in [6.07, 6.45) is 6.61. The number of amidine groups is 1. The number of aromatic nitrogens is 2. The van der Waals surface area contributed by atoms with E-state index in [1.807, 2.05) is 12.1 Å². The number of hydrogen-bond donors (Lipinski definition) is 1. The van der Waals surface area contributed by atoms with Crippen molar-refractivity contribution in [3.05, 3.63) is 24.0 Å². The third-order valence-corrected chi connectivity index (χ3v) is 2.82. The maximum Gasteiger partial charge on any atom is 0.0973 e. The Kier molecular flexibility index (Phi) is 3.27. The van der Waals surface area contributed by atoms with Crippen molar-refractivity contribution in [3.8, 4) is 0 Å². The van der Waals surface area contributed by atoms with Crippen LogP contribution in [0.5, 0.6) is 0 Å². The molecule has 1 aliphatic rings. The van der Waals surface area contributed by atoms with Gasteiger partial charge in [0.05, 0.1) is 18.1 Å². The van der Waals surface area contributed by atoms with E-state index in [4.69, 9.17) is 5.73 Å². The molecule has 0 saturated heterocycles. The third kappa shape index (κ3) is 2.75. The topological polar surface area (TPSA) is 64.2 Å². The van der Waals surface area contributed by atoms with E-state index < -0.39 is 0 Å². The zero-order valence-corrected chi connectivity index (χ0v) is 8.76. The van der Waals surface area contributed by atoms with E-state index in [0.717, 1.165) is 11.5 Å². The zero-order valence-electron chi connectivity index (χ0n) is 8.76. The lowest BCUT2D eigenvalue weighted by Crippen LogP contribution is -2.21. The van der Waals surface area contributed by atoms with E-state index in [1.54, 1.807) is 6.20 Å². The Labute approximate surface area is 89.6 Å². The fraction of sp³-hybridized carbons (Fsp3) is 0.545. The molecule has 0 radical (unpaired) electrons. The van der Waals surface area contributed by atoms with Gasteiger partial charge >= 0.3 is 0 Å². The first-order chi connectivity index (χ1) is 7.36.